The Balaban J connectivity index is 2.33. The fourth-order valence-electron chi connectivity index (χ4n) is 1.83. The third kappa shape index (κ3) is 3.32. The fourth-order valence-corrected chi connectivity index (χ4v) is 1.99. The molecule has 0 spiro atoms. The highest BCUT2D eigenvalue weighted by atomic mass is 35.5. The van der Waals surface area contributed by atoms with Crippen molar-refractivity contribution in [2.45, 2.75) is 0 Å². The minimum atomic E-state index is -1.16. The molecule has 0 bridgehead atoms. The molecule has 0 saturated heterocycles. The minimum Gasteiger partial charge on any atom is -0.495 e. The van der Waals surface area contributed by atoms with Gasteiger partial charge in [0.25, 0.3) is 5.91 Å². The molecule has 0 aliphatic rings. The van der Waals surface area contributed by atoms with Crippen molar-refractivity contribution in [2.75, 3.05) is 12.4 Å². The zero-order chi connectivity index (χ0) is 15.4. The summed E-state index contributed by atoms with van der Waals surface area (Å²) in [4.78, 5) is 23.4. The number of carboxylic acids is 1. The predicted molar refractivity (Wildman–Crippen MR) is 79.4 cm³/mol. The van der Waals surface area contributed by atoms with E-state index in [0.717, 1.165) is 0 Å². The quantitative estimate of drug-likeness (QED) is 0.908. The molecular weight excluding hydrogens is 294 g/mol. The van der Waals surface area contributed by atoms with Crippen molar-refractivity contribution in [2.24, 2.45) is 0 Å². The number of halogens is 1. The molecule has 21 heavy (non-hydrogen) atoms. The Bertz CT molecular complexity index is 700. The summed E-state index contributed by atoms with van der Waals surface area (Å²) in [6, 6.07) is 10.7. The minimum absolute atomic E-state index is 0.0667. The molecule has 0 unspecified atom stereocenters. The molecule has 0 aliphatic carbocycles. The molecule has 6 heteroatoms. The van der Waals surface area contributed by atoms with Gasteiger partial charge in [0.1, 0.15) is 5.75 Å². The monoisotopic (exact) mass is 305 g/mol. The summed E-state index contributed by atoms with van der Waals surface area (Å²) >= 11 is 5.85. The average Bonchev–Trinajstić information content (AvgIpc) is 2.48. The Morgan fingerprint density at radius 2 is 1.81 bits per heavy atom. The van der Waals surface area contributed by atoms with Crippen LogP contribution in [0.3, 0.4) is 0 Å². The first-order valence-electron chi connectivity index (χ1n) is 6.00. The second-order valence-corrected chi connectivity index (χ2v) is 4.59. The number of methoxy groups -OCH3 is 1. The largest absolute Gasteiger partial charge is 0.495 e. The highest BCUT2D eigenvalue weighted by Gasteiger charge is 2.17. The molecule has 2 aromatic rings. The van der Waals surface area contributed by atoms with E-state index < -0.39 is 11.9 Å². The Labute approximate surface area is 126 Å². The summed E-state index contributed by atoms with van der Waals surface area (Å²) in [6.07, 6.45) is 0. The van der Waals surface area contributed by atoms with Crippen LogP contribution in [0.15, 0.2) is 42.5 Å². The van der Waals surface area contributed by atoms with E-state index in [2.05, 4.69) is 5.32 Å². The molecule has 108 valence electrons. The van der Waals surface area contributed by atoms with Crippen molar-refractivity contribution in [3.8, 4) is 5.75 Å². The smallest absolute Gasteiger partial charge is 0.336 e. The first-order valence-corrected chi connectivity index (χ1v) is 6.38. The van der Waals surface area contributed by atoms with Gasteiger partial charge in [-0.3, -0.25) is 4.79 Å². The first kappa shape index (κ1) is 14.9. The summed E-state index contributed by atoms with van der Waals surface area (Å²) in [7, 11) is 1.45. The maximum Gasteiger partial charge on any atom is 0.336 e. The number of carbonyl (C=O) groups is 2. The summed E-state index contributed by atoms with van der Waals surface area (Å²) in [5, 5.41) is 12.2. The van der Waals surface area contributed by atoms with Gasteiger partial charge in [0, 0.05) is 11.1 Å². The zero-order valence-corrected chi connectivity index (χ0v) is 11.8. The molecule has 0 aliphatic heterocycles. The summed E-state index contributed by atoms with van der Waals surface area (Å²) in [6.45, 7) is 0. The van der Waals surface area contributed by atoms with E-state index in [-0.39, 0.29) is 11.1 Å². The highest BCUT2D eigenvalue weighted by molar-refractivity contribution is 6.30. The standard InChI is InChI=1S/C15H12ClNO4/c1-21-13-8-9(16)6-7-12(13)17-14(18)10-4-2-3-5-11(10)15(19)20/h2-8H,1H3,(H,17,18)(H,19,20). The fraction of sp³-hybridized carbons (Fsp3) is 0.0667. The van der Waals surface area contributed by atoms with Crippen LogP contribution >= 0.6 is 11.6 Å². The third-order valence-electron chi connectivity index (χ3n) is 2.81. The van der Waals surface area contributed by atoms with Crippen molar-refractivity contribution in [3.63, 3.8) is 0 Å². The second-order valence-electron chi connectivity index (χ2n) is 4.15. The number of benzene rings is 2. The van der Waals surface area contributed by atoms with E-state index in [1.54, 1.807) is 30.3 Å². The van der Waals surface area contributed by atoms with E-state index in [1.807, 2.05) is 0 Å². The number of hydrogen-bond acceptors (Lipinski definition) is 3. The first-order chi connectivity index (χ1) is 10.0. The van der Waals surface area contributed by atoms with Gasteiger partial charge < -0.3 is 15.2 Å². The molecular formula is C15H12ClNO4. The van der Waals surface area contributed by atoms with Crippen LogP contribution in [0.4, 0.5) is 5.69 Å². The lowest BCUT2D eigenvalue weighted by Crippen LogP contribution is -2.16. The summed E-state index contributed by atoms with van der Waals surface area (Å²) in [5.74, 6) is -1.30. The van der Waals surface area contributed by atoms with E-state index >= 15 is 0 Å². The van der Waals surface area contributed by atoms with Crippen LogP contribution in [0.2, 0.25) is 5.02 Å². The number of ether oxygens (including phenoxy) is 1. The maximum absolute atomic E-state index is 12.2. The molecule has 0 saturated carbocycles. The van der Waals surface area contributed by atoms with Gasteiger partial charge in [-0.2, -0.15) is 0 Å². The molecule has 2 aromatic carbocycles. The number of rotatable bonds is 4. The highest BCUT2D eigenvalue weighted by Crippen LogP contribution is 2.28. The normalized spacial score (nSPS) is 10.0. The van der Waals surface area contributed by atoms with Crippen molar-refractivity contribution in [3.05, 3.63) is 58.6 Å². The summed E-state index contributed by atoms with van der Waals surface area (Å²) < 4.78 is 5.13. The van der Waals surface area contributed by atoms with E-state index in [1.165, 1.54) is 19.2 Å². The van der Waals surface area contributed by atoms with Crippen molar-refractivity contribution < 1.29 is 19.4 Å². The topological polar surface area (TPSA) is 75.6 Å². The molecule has 2 N–H and O–H groups in total. The van der Waals surface area contributed by atoms with Gasteiger partial charge in [0.15, 0.2) is 0 Å². The number of amides is 1. The number of carboxylic acid groups (broad SMARTS) is 1. The van der Waals surface area contributed by atoms with Gasteiger partial charge in [0.2, 0.25) is 0 Å². The molecule has 0 aromatic heterocycles. The molecule has 2 rings (SSSR count). The SMILES string of the molecule is COc1cc(Cl)ccc1NC(=O)c1ccccc1C(=O)O. The van der Waals surface area contributed by atoms with Gasteiger partial charge in [-0.1, -0.05) is 23.7 Å². The third-order valence-corrected chi connectivity index (χ3v) is 3.05. The molecule has 0 fully saturated rings. The molecule has 1 amide bonds. The second kappa shape index (κ2) is 6.28. The van der Waals surface area contributed by atoms with E-state index in [9.17, 15) is 9.59 Å². The predicted octanol–water partition coefficient (Wildman–Crippen LogP) is 3.30. The lowest BCUT2D eigenvalue weighted by atomic mass is 10.1. The zero-order valence-electron chi connectivity index (χ0n) is 11.1. The van der Waals surface area contributed by atoms with Crippen LogP contribution in [0.25, 0.3) is 0 Å². The lowest BCUT2D eigenvalue weighted by Gasteiger charge is -2.11. The van der Waals surface area contributed by atoms with Crippen LogP contribution in [-0.2, 0) is 0 Å². The number of aromatic carboxylic acids is 1. The molecule has 0 radical (unpaired) electrons. The Hall–Kier alpha value is -2.53. The van der Waals surface area contributed by atoms with Gasteiger partial charge in [-0.15, -0.1) is 0 Å². The average molecular weight is 306 g/mol. The maximum atomic E-state index is 12.2. The number of nitrogens with one attached hydrogen (secondary N) is 1. The van der Waals surface area contributed by atoms with Gasteiger partial charge in [-0.05, 0) is 24.3 Å². The summed E-state index contributed by atoms with van der Waals surface area (Å²) in [5.41, 5.74) is 0.414. The lowest BCUT2D eigenvalue weighted by molar-refractivity contribution is 0.0692. The van der Waals surface area contributed by atoms with E-state index in [0.29, 0.717) is 16.5 Å². The van der Waals surface area contributed by atoms with Crippen LogP contribution in [0, 0.1) is 0 Å². The number of carbonyl (C=O) groups excluding carboxylic acids is 1. The van der Waals surface area contributed by atoms with Crippen molar-refractivity contribution >= 4 is 29.2 Å². The Kier molecular flexibility index (Phi) is 4.45. The van der Waals surface area contributed by atoms with Crippen LogP contribution in [0.1, 0.15) is 20.7 Å². The van der Waals surface area contributed by atoms with Gasteiger partial charge >= 0.3 is 5.97 Å². The molecule has 5 nitrogen and oxygen atoms in total. The van der Waals surface area contributed by atoms with Crippen LogP contribution in [-0.4, -0.2) is 24.1 Å². The van der Waals surface area contributed by atoms with Gasteiger partial charge in [-0.25, -0.2) is 4.79 Å². The van der Waals surface area contributed by atoms with Gasteiger partial charge in [0.05, 0.1) is 23.9 Å². The molecule has 0 atom stereocenters. The van der Waals surface area contributed by atoms with Crippen LogP contribution in [0.5, 0.6) is 5.75 Å². The Morgan fingerprint density at radius 3 is 2.43 bits per heavy atom. The number of anilines is 1. The van der Waals surface area contributed by atoms with E-state index in [4.69, 9.17) is 21.4 Å². The van der Waals surface area contributed by atoms with Crippen LogP contribution < -0.4 is 10.1 Å². The van der Waals surface area contributed by atoms with Crippen molar-refractivity contribution in [1.29, 1.82) is 0 Å². The Morgan fingerprint density at radius 1 is 1.14 bits per heavy atom. The van der Waals surface area contributed by atoms with Crippen molar-refractivity contribution in [1.82, 2.24) is 0 Å². The number of hydrogen-bond donors (Lipinski definition) is 2. The molecule has 0 heterocycles.